The molecule has 0 atom stereocenters. The lowest BCUT2D eigenvalue weighted by molar-refractivity contribution is 0.667. The molecule has 0 spiro atoms. The molecule has 12 rings (SSSR count). The Morgan fingerprint density at radius 2 is 0.967 bits per heavy atom. The number of rotatable bonds is 7. The molecular formula is C58H38N2O. The van der Waals surface area contributed by atoms with Crippen molar-refractivity contribution in [3.05, 3.63) is 253 Å². The monoisotopic (exact) mass is 778 g/mol. The Morgan fingerprint density at radius 3 is 1.66 bits per heavy atom. The van der Waals surface area contributed by atoms with Crippen molar-refractivity contribution in [1.29, 1.82) is 0 Å². The standard InChI is InChI=1S/C58H38N2O/c1-5-17-39(18-6-1)40-29-31-46(32-30-40)60(54-37-59-38-56-57(54)50-33-42-21-13-14-22-43(42)34-55(50)61-56)53-36-52-49(35-48(53)41-19-7-2-8-20-41)47-27-15-16-28-51(47)58(52,44-23-9-3-10-24-44)45-25-11-4-12-26-45/h1-38H. The number of pyridine rings is 1. The molecule has 0 aliphatic heterocycles. The van der Waals surface area contributed by atoms with Crippen LogP contribution in [0.3, 0.4) is 0 Å². The molecule has 3 heteroatoms. The molecule has 0 unspecified atom stereocenters. The molecule has 286 valence electrons. The fraction of sp³-hybridized carbons (Fsp3) is 0.0172. The maximum Gasteiger partial charge on any atom is 0.155 e. The smallest absolute Gasteiger partial charge is 0.155 e. The number of benzene rings is 9. The van der Waals surface area contributed by atoms with Gasteiger partial charge in [0.1, 0.15) is 5.58 Å². The Hall–Kier alpha value is -8.01. The molecule has 1 aliphatic carbocycles. The molecule has 0 fully saturated rings. The maximum absolute atomic E-state index is 6.69. The van der Waals surface area contributed by atoms with Gasteiger partial charge in [0.15, 0.2) is 5.58 Å². The Morgan fingerprint density at radius 1 is 0.393 bits per heavy atom. The van der Waals surface area contributed by atoms with Crippen molar-refractivity contribution in [3.63, 3.8) is 0 Å². The molecule has 0 radical (unpaired) electrons. The third-order valence-electron chi connectivity index (χ3n) is 12.6. The zero-order valence-electron chi connectivity index (χ0n) is 33.2. The molecule has 9 aromatic carbocycles. The lowest BCUT2D eigenvalue weighted by Gasteiger charge is -2.35. The van der Waals surface area contributed by atoms with E-state index in [9.17, 15) is 0 Å². The molecule has 0 saturated heterocycles. The molecule has 61 heavy (non-hydrogen) atoms. The van der Waals surface area contributed by atoms with Gasteiger partial charge in [-0.25, -0.2) is 0 Å². The van der Waals surface area contributed by atoms with Crippen molar-refractivity contribution < 1.29 is 4.42 Å². The summed E-state index contributed by atoms with van der Waals surface area (Å²) in [5, 5.41) is 4.37. The second-order valence-corrected chi connectivity index (χ2v) is 15.9. The third-order valence-corrected chi connectivity index (χ3v) is 12.6. The van der Waals surface area contributed by atoms with Crippen molar-refractivity contribution in [2.45, 2.75) is 5.41 Å². The van der Waals surface area contributed by atoms with E-state index in [1.54, 1.807) is 0 Å². The van der Waals surface area contributed by atoms with Crippen molar-refractivity contribution in [2.75, 3.05) is 4.90 Å². The minimum atomic E-state index is -0.591. The van der Waals surface area contributed by atoms with Crippen LogP contribution < -0.4 is 4.90 Å². The van der Waals surface area contributed by atoms with Crippen molar-refractivity contribution >= 4 is 49.8 Å². The van der Waals surface area contributed by atoms with Crippen LogP contribution >= 0.6 is 0 Å². The normalized spacial score (nSPS) is 12.7. The summed E-state index contributed by atoms with van der Waals surface area (Å²) in [4.78, 5) is 7.33. The molecule has 0 N–H and O–H groups in total. The highest BCUT2D eigenvalue weighted by molar-refractivity contribution is 6.16. The van der Waals surface area contributed by atoms with E-state index in [4.69, 9.17) is 9.40 Å². The highest BCUT2D eigenvalue weighted by Gasteiger charge is 2.47. The molecule has 0 bridgehead atoms. The summed E-state index contributed by atoms with van der Waals surface area (Å²) in [5.41, 5.74) is 16.0. The lowest BCUT2D eigenvalue weighted by atomic mass is 9.67. The fourth-order valence-electron chi connectivity index (χ4n) is 9.92. The van der Waals surface area contributed by atoms with E-state index >= 15 is 0 Å². The number of fused-ring (bicyclic) bond motifs is 7. The maximum atomic E-state index is 6.69. The van der Waals surface area contributed by atoms with E-state index in [2.05, 4.69) is 223 Å². The summed E-state index contributed by atoms with van der Waals surface area (Å²) in [7, 11) is 0. The van der Waals surface area contributed by atoms with Gasteiger partial charge >= 0.3 is 0 Å². The van der Waals surface area contributed by atoms with Gasteiger partial charge in [0.05, 0.1) is 34.6 Å². The largest absolute Gasteiger partial charge is 0.454 e. The second-order valence-electron chi connectivity index (χ2n) is 15.9. The predicted octanol–water partition coefficient (Wildman–Crippen LogP) is 15.3. The highest BCUT2D eigenvalue weighted by Crippen LogP contribution is 2.59. The first-order valence-electron chi connectivity index (χ1n) is 20.9. The predicted molar refractivity (Wildman–Crippen MR) is 252 cm³/mol. The van der Waals surface area contributed by atoms with Crippen LogP contribution in [0.1, 0.15) is 22.3 Å². The van der Waals surface area contributed by atoms with Crippen LogP contribution in [0.2, 0.25) is 0 Å². The first-order chi connectivity index (χ1) is 30.3. The summed E-state index contributed by atoms with van der Waals surface area (Å²) in [5.74, 6) is 0. The number of hydrogen-bond acceptors (Lipinski definition) is 3. The third kappa shape index (κ3) is 5.48. The van der Waals surface area contributed by atoms with Gasteiger partial charge in [0.25, 0.3) is 0 Å². The summed E-state index contributed by atoms with van der Waals surface area (Å²) >= 11 is 0. The van der Waals surface area contributed by atoms with Crippen LogP contribution in [-0.2, 0) is 5.41 Å². The molecular weight excluding hydrogens is 741 g/mol. The van der Waals surface area contributed by atoms with Crippen LogP contribution in [0.25, 0.3) is 66.1 Å². The van der Waals surface area contributed by atoms with E-state index in [0.717, 1.165) is 66.5 Å². The van der Waals surface area contributed by atoms with E-state index in [1.165, 1.54) is 38.9 Å². The zero-order valence-corrected chi connectivity index (χ0v) is 33.2. The highest BCUT2D eigenvalue weighted by atomic mass is 16.3. The number of hydrogen-bond donors (Lipinski definition) is 0. The van der Waals surface area contributed by atoms with Crippen molar-refractivity contribution in [3.8, 4) is 33.4 Å². The van der Waals surface area contributed by atoms with Crippen LogP contribution in [0.5, 0.6) is 0 Å². The van der Waals surface area contributed by atoms with Gasteiger partial charge in [-0.1, -0.05) is 182 Å². The van der Waals surface area contributed by atoms with E-state index in [-0.39, 0.29) is 0 Å². The number of anilines is 3. The first-order valence-corrected chi connectivity index (χ1v) is 20.9. The van der Waals surface area contributed by atoms with Crippen LogP contribution in [0.4, 0.5) is 17.1 Å². The van der Waals surface area contributed by atoms with Crippen LogP contribution in [0.15, 0.2) is 235 Å². The Labute approximate surface area is 354 Å². The number of nitrogens with zero attached hydrogens (tertiary/aromatic N) is 2. The summed E-state index contributed by atoms with van der Waals surface area (Å²) < 4.78 is 6.69. The summed E-state index contributed by atoms with van der Waals surface area (Å²) in [6, 6.07) is 79.2. The van der Waals surface area contributed by atoms with Gasteiger partial charge in [-0.05, 0) is 97.2 Å². The van der Waals surface area contributed by atoms with Crippen LogP contribution in [-0.4, -0.2) is 4.98 Å². The van der Waals surface area contributed by atoms with Gasteiger partial charge in [0, 0.05) is 16.6 Å². The quantitative estimate of drug-likeness (QED) is 0.161. The lowest BCUT2D eigenvalue weighted by Crippen LogP contribution is -2.28. The Kier molecular flexibility index (Phi) is 8.07. The minimum absolute atomic E-state index is 0.591. The molecule has 2 heterocycles. The summed E-state index contributed by atoms with van der Waals surface area (Å²) in [6.45, 7) is 0. The van der Waals surface area contributed by atoms with Gasteiger partial charge in [-0.3, -0.25) is 4.98 Å². The number of furan rings is 1. The molecule has 0 saturated carbocycles. The van der Waals surface area contributed by atoms with Gasteiger partial charge in [-0.15, -0.1) is 0 Å². The zero-order chi connectivity index (χ0) is 40.3. The average Bonchev–Trinajstić information content (AvgIpc) is 3.85. The Balaban J connectivity index is 1.21. The second kappa shape index (κ2) is 14.1. The molecule has 0 amide bonds. The Bertz CT molecular complexity index is 3350. The summed E-state index contributed by atoms with van der Waals surface area (Å²) in [6.07, 6.45) is 3.86. The van der Waals surface area contributed by atoms with Crippen molar-refractivity contribution in [1.82, 2.24) is 4.98 Å². The van der Waals surface area contributed by atoms with Gasteiger partial charge < -0.3 is 9.32 Å². The minimum Gasteiger partial charge on any atom is -0.454 e. The molecule has 11 aromatic rings. The fourth-order valence-corrected chi connectivity index (χ4v) is 9.92. The van der Waals surface area contributed by atoms with Crippen LogP contribution in [0, 0.1) is 0 Å². The van der Waals surface area contributed by atoms with Crippen molar-refractivity contribution in [2.24, 2.45) is 0 Å². The van der Waals surface area contributed by atoms with E-state index < -0.39 is 5.41 Å². The SMILES string of the molecule is c1ccc(-c2ccc(N(c3cc4c(cc3-c3ccccc3)-c3ccccc3C4(c3ccccc3)c3ccccc3)c3cncc4oc5cc6ccccc6cc5c34)cc2)cc1. The first kappa shape index (κ1) is 35.0. The van der Waals surface area contributed by atoms with Gasteiger partial charge in [0.2, 0.25) is 0 Å². The average molecular weight is 779 g/mol. The molecule has 1 aliphatic rings. The van der Waals surface area contributed by atoms with E-state index in [1.807, 2.05) is 12.4 Å². The molecule has 3 nitrogen and oxygen atoms in total. The molecule has 2 aromatic heterocycles. The van der Waals surface area contributed by atoms with Gasteiger partial charge in [-0.2, -0.15) is 0 Å². The number of aromatic nitrogens is 1. The van der Waals surface area contributed by atoms with E-state index in [0.29, 0.717) is 0 Å². The topological polar surface area (TPSA) is 29.3 Å².